The van der Waals surface area contributed by atoms with Gasteiger partial charge in [-0.2, -0.15) is 0 Å². The third-order valence-corrected chi connectivity index (χ3v) is 4.46. The van der Waals surface area contributed by atoms with Crippen molar-refractivity contribution in [1.82, 2.24) is 4.90 Å². The largest absolute Gasteiger partial charge is 0.394 e. The summed E-state index contributed by atoms with van der Waals surface area (Å²) in [5.74, 6) is 0.0860. The van der Waals surface area contributed by atoms with Crippen LogP contribution in [0.1, 0.15) is 36.1 Å². The van der Waals surface area contributed by atoms with Crippen LogP contribution < -0.4 is 0 Å². The normalized spacial score (nSPS) is 19.5. The molecule has 114 valence electrons. The Bertz CT molecular complexity index is 642. The van der Waals surface area contributed by atoms with E-state index in [-0.39, 0.29) is 24.6 Å². The zero-order valence-electron chi connectivity index (χ0n) is 12.2. The molecule has 2 aromatic carbocycles. The van der Waals surface area contributed by atoms with Crippen molar-refractivity contribution >= 4 is 17.5 Å². The molecule has 0 spiro atoms. The molecule has 0 bridgehead atoms. The summed E-state index contributed by atoms with van der Waals surface area (Å²) in [6, 6.07) is 17.0. The standard InChI is InChI=1S/C18H18ClNO2/c19-15-8-6-14(7-9-15)16-10-11-18(22)20(16)17(12-21)13-4-2-1-3-5-13/h1-9,16-17,21H,10-12H2/t16-,17-/m1/s1. The Kier molecular flexibility index (Phi) is 4.46. The Morgan fingerprint density at radius 3 is 2.45 bits per heavy atom. The predicted octanol–water partition coefficient (Wildman–Crippen LogP) is 3.74. The van der Waals surface area contributed by atoms with Gasteiger partial charge in [-0.05, 0) is 29.7 Å². The van der Waals surface area contributed by atoms with Crippen molar-refractivity contribution < 1.29 is 9.90 Å². The average Bonchev–Trinajstić information content (AvgIpc) is 2.92. The highest BCUT2D eigenvalue weighted by Gasteiger charge is 2.37. The number of aliphatic hydroxyl groups is 1. The first kappa shape index (κ1) is 15.1. The summed E-state index contributed by atoms with van der Waals surface area (Å²) in [6.07, 6.45) is 1.28. The Morgan fingerprint density at radius 1 is 1.14 bits per heavy atom. The highest BCUT2D eigenvalue weighted by molar-refractivity contribution is 6.30. The van der Waals surface area contributed by atoms with Gasteiger partial charge in [0.15, 0.2) is 0 Å². The molecule has 0 radical (unpaired) electrons. The highest BCUT2D eigenvalue weighted by atomic mass is 35.5. The Hall–Kier alpha value is -1.84. The molecular weight excluding hydrogens is 298 g/mol. The van der Waals surface area contributed by atoms with Gasteiger partial charge in [0, 0.05) is 11.4 Å². The Balaban J connectivity index is 1.94. The van der Waals surface area contributed by atoms with Gasteiger partial charge in [-0.1, -0.05) is 54.1 Å². The van der Waals surface area contributed by atoms with Crippen LogP contribution in [0.3, 0.4) is 0 Å². The fourth-order valence-corrected chi connectivity index (χ4v) is 3.26. The topological polar surface area (TPSA) is 40.5 Å². The molecule has 22 heavy (non-hydrogen) atoms. The van der Waals surface area contributed by atoms with Crippen LogP contribution in [0, 0.1) is 0 Å². The van der Waals surface area contributed by atoms with Crippen molar-refractivity contribution in [3.63, 3.8) is 0 Å². The third-order valence-electron chi connectivity index (χ3n) is 4.20. The number of likely N-dealkylation sites (tertiary alicyclic amines) is 1. The molecule has 0 unspecified atom stereocenters. The Morgan fingerprint density at radius 2 is 1.82 bits per heavy atom. The molecule has 2 atom stereocenters. The number of nitrogens with zero attached hydrogens (tertiary/aromatic N) is 1. The molecule has 0 aromatic heterocycles. The second kappa shape index (κ2) is 6.51. The predicted molar refractivity (Wildman–Crippen MR) is 86.5 cm³/mol. The molecule has 3 nitrogen and oxygen atoms in total. The summed E-state index contributed by atoms with van der Waals surface area (Å²) in [5.41, 5.74) is 2.02. The van der Waals surface area contributed by atoms with Crippen molar-refractivity contribution in [2.24, 2.45) is 0 Å². The number of benzene rings is 2. The maximum Gasteiger partial charge on any atom is 0.223 e. The van der Waals surface area contributed by atoms with Crippen LogP contribution in [0.15, 0.2) is 54.6 Å². The zero-order valence-corrected chi connectivity index (χ0v) is 12.9. The van der Waals surface area contributed by atoms with Crippen LogP contribution in [0.2, 0.25) is 5.02 Å². The molecule has 0 saturated carbocycles. The number of carbonyl (C=O) groups is 1. The molecule has 1 N–H and O–H groups in total. The minimum Gasteiger partial charge on any atom is -0.394 e. The zero-order chi connectivity index (χ0) is 15.5. The van der Waals surface area contributed by atoms with Crippen LogP contribution in [0.25, 0.3) is 0 Å². The molecule has 1 amide bonds. The summed E-state index contributed by atoms with van der Waals surface area (Å²) >= 11 is 5.95. The van der Waals surface area contributed by atoms with Crippen molar-refractivity contribution in [2.75, 3.05) is 6.61 Å². The minimum atomic E-state index is -0.308. The first-order valence-electron chi connectivity index (χ1n) is 7.43. The molecule has 1 aliphatic rings. The SMILES string of the molecule is O=C1CC[C@H](c2ccc(Cl)cc2)N1[C@H](CO)c1ccccc1. The quantitative estimate of drug-likeness (QED) is 0.933. The minimum absolute atomic E-state index is 0.0119. The maximum atomic E-state index is 12.4. The van der Waals surface area contributed by atoms with E-state index in [0.29, 0.717) is 11.4 Å². The Labute approximate surface area is 135 Å². The molecule has 1 heterocycles. The van der Waals surface area contributed by atoms with Crippen LogP contribution in [0.5, 0.6) is 0 Å². The molecular formula is C18H18ClNO2. The van der Waals surface area contributed by atoms with Gasteiger partial charge in [-0.15, -0.1) is 0 Å². The molecule has 1 aliphatic heterocycles. The van der Waals surface area contributed by atoms with E-state index in [1.807, 2.05) is 59.5 Å². The van der Waals surface area contributed by atoms with E-state index >= 15 is 0 Å². The molecule has 1 saturated heterocycles. The van der Waals surface area contributed by atoms with E-state index in [1.54, 1.807) is 0 Å². The number of aliphatic hydroxyl groups excluding tert-OH is 1. The molecule has 0 aliphatic carbocycles. The first-order chi connectivity index (χ1) is 10.7. The number of halogens is 1. The van der Waals surface area contributed by atoms with Crippen LogP contribution >= 0.6 is 11.6 Å². The number of hydrogen-bond donors (Lipinski definition) is 1. The lowest BCUT2D eigenvalue weighted by molar-refractivity contribution is -0.132. The molecule has 4 heteroatoms. The van der Waals surface area contributed by atoms with E-state index in [1.165, 1.54) is 0 Å². The van der Waals surface area contributed by atoms with E-state index in [2.05, 4.69) is 0 Å². The fourth-order valence-electron chi connectivity index (χ4n) is 3.13. The smallest absolute Gasteiger partial charge is 0.223 e. The number of hydrogen-bond acceptors (Lipinski definition) is 2. The van der Waals surface area contributed by atoms with Crippen LogP contribution in [-0.4, -0.2) is 22.5 Å². The highest BCUT2D eigenvalue weighted by Crippen LogP contribution is 2.39. The third kappa shape index (κ3) is 2.87. The van der Waals surface area contributed by atoms with Crippen molar-refractivity contribution in [1.29, 1.82) is 0 Å². The fraction of sp³-hybridized carbons (Fsp3) is 0.278. The van der Waals surface area contributed by atoms with Crippen molar-refractivity contribution in [3.8, 4) is 0 Å². The second-order valence-corrected chi connectivity index (χ2v) is 5.95. The maximum absolute atomic E-state index is 12.4. The van der Waals surface area contributed by atoms with Crippen LogP contribution in [0.4, 0.5) is 0 Å². The van der Waals surface area contributed by atoms with Crippen molar-refractivity contribution in [3.05, 3.63) is 70.7 Å². The second-order valence-electron chi connectivity index (χ2n) is 5.52. The lowest BCUT2D eigenvalue weighted by atomic mass is 10.0. The van der Waals surface area contributed by atoms with E-state index in [4.69, 9.17) is 11.6 Å². The summed E-state index contributed by atoms with van der Waals surface area (Å²) < 4.78 is 0. The summed E-state index contributed by atoms with van der Waals surface area (Å²) in [7, 11) is 0. The number of amides is 1. The first-order valence-corrected chi connectivity index (χ1v) is 7.81. The molecule has 3 rings (SSSR count). The average molecular weight is 316 g/mol. The summed E-state index contributed by atoms with van der Waals surface area (Å²) in [4.78, 5) is 14.2. The van der Waals surface area contributed by atoms with Gasteiger partial charge in [-0.3, -0.25) is 4.79 Å². The van der Waals surface area contributed by atoms with Gasteiger partial charge >= 0.3 is 0 Å². The van der Waals surface area contributed by atoms with Gasteiger partial charge in [0.25, 0.3) is 0 Å². The van der Waals surface area contributed by atoms with E-state index < -0.39 is 0 Å². The summed E-state index contributed by atoms with van der Waals surface area (Å²) in [5, 5.41) is 10.5. The van der Waals surface area contributed by atoms with Gasteiger partial charge in [0.05, 0.1) is 18.7 Å². The number of carbonyl (C=O) groups excluding carboxylic acids is 1. The van der Waals surface area contributed by atoms with Crippen molar-refractivity contribution in [2.45, 2.75) is 24.9 Å². The lowest BCUT2D eigenvalue weighted by Crippen LogP contribution is -2.34. The summed E-state index contributed by atoms with van der Waals surface area (Å²) in [6.45, 7) is -0.0835. The van der Waals surface area contributed by atoms with E-state index in [9.17, 15) is 9.90 Å². The van der Waals surface area contributed by atoms with Gasteiger partial charge in [-0.25, -0.2) is 0 Å². The molecule has 1 fully saturated rings. The number of rotatable bonds is 4. The van der Waals surface area contributed by atoms with Gasteiger partial charge in [0.2, 0.25) is 5.91 Å². The lowest BCUT2D eigenvalue weighted by Gasteiger charge is -2.33. The van der Waals surface area contributed by atoms with Gasteiger partial charge in [0.1, 0.15) is 0 Å². The molecule has 2 aromatic rings. The monoisotopic (exact) mass is 315 g/mol. The van der Waals surface area contributed by atoms with Crippen LogP contribution in [-0.2, 0) is 4.79 Å². The van der Waals surface area contributed by atoms with E-state index in [0.717, 1.165) is 17.5 Å². The van der Waals surface area contributed by atoms with Gasteiger partial charge < -0.3 is 10.0 Å².